The lowest BCUT2D eigenvalue weighted by Crippen LogP contribution is -2.24. The third-order valence-electron chi connectivity index (χ3n) is 4.32. The molecule has 0 saturated carbocycles. The summed E-state index contributed by atoms with van der Waals surface area (Å²) in [5.74, 6) is 1.29. The SMILES string of the molecule is CN1C[C@@H](N)C[C@H]1c1nc(-c2ccc3ccccc3c2)no1. The summed E-state index contributed by atoms with van der Waals surface area (Å²) < 4.78 is 5.48. The van der Waals surface area contributed by atoms with Crippen LogP contribution < -0.4 is 5.73 Å². The maximum Gasteiger partial charge on any atom is 0.244 e. The molecular weight excluding hydrogens is 276 g/mol. The highest BCUT2D eigenvalue weighted by atomic mass is 16.5. The zero-order chi connectivity index (χ0) is 15.1. The first-order chi connectivity index (χ1) is 10.7. The smallest absolute Gasteiger partial charge is 0.244 e. The van der Waals surface area contributed by atoms with Crippen LogP contribution in [0.15, 0.2) is 47.0 Å². The molecule has 1 aliphatic rings. The lowest BCUT2D eigenvalue weighted by atomic mass is 10.1. The molecule has 3 aromatic rings. The van der Waals surface area contributed by atoms with Crippen molar-refractivity contribution in [3.63, 3.8) is 0 Å². The Labute approximate surface area is 128 Å². The molecule has 0 radical (unpaired) electrons. The molecular formula is C17H18N4O. The second-order valence-electron chi connectivity index (χ2n) is 5.97. The Morgan fingerprint density at radius 1 is 1.18 bits per heavy atom. The first kappa shape index (κ1) is 13.4. The van der Waals surface area contributed by atoms with Crippen molar-refractivity contribution in [2.75, 3.05) is 13.6 Å². The molecule has 2 aromatic carbocycles. The van der Waals surface area contributed by atoms with Crippen molar-refractivity contribution in [3.05, 3.63) is 48.4 Å². The predicted molar refractivity (Wildman–Crippen MR) is 85.2 cm³/mol. The van der Waals surface area contributed by atoms with Crippen molar-refractivity contribution >= 4 is 10.8 Å². The van der Waals surface area contributed by atoms with E-state index < -0.39 is 0 Å². The Morgan fingerprint density at radius 3 is 2.77 bits per heavy atom. The zero-order valence-corrected chi connectivity index (χ0v) is 12.4. The van der Waals surface area contributed by atoms with E-state index in [-0.39, 0.29) is 12.1 Å². The van der Waals surface area contributed by atoms with Gasteiger partial charge in [-0.2, -0.15) is 4.98 Å². The quantitative estimate of drug-likeness (QED) is 0.787. The van der Waals surface area contributed by atoms with Gasteiger partial charge in [-0.3, -0.25) is 4.90 Å². The van der Waals surface area contributed by atoms with Gasteiger partial charge in [0, 0.05) is 18.2 Å². The number of likely N-dealkylation sites (tertiary alicyclic amines) is 1. The summed E-state index contributed by atoms with van der Waals surface area (Å²) in [6.07, 6.45) is 0.857. The Morgan fingerprint density at radius 2 is 2.00 bits per heavy atom. The van der Waals surface area contributed by atoms with E-state index in [2.05, 4.69) is 39.3 Å². The summed E-state index contributed by atoms with van der Waals surface area (Å²) in [5, 5.41) is 6.52. The van der Waals surface area contributed by atoms with E-state index in [1.165, 1.54) is 10.8 Å². The molecule has 22 heavy (non-hydrogen) atoms. The Bertz CT molecular complexity index is 813. The van der Waals surface area contributed by atoms with Gasteiger partial charge < -0.3 is 10.3 Å². The highest BCUT2D eigenvalue weighted by Gasteiger charge is 2.32. The average molecular weight is 294 g/mol. The minimum absolute atomic E-state index is 0.122. The second kappa shape index (κ2) is 5.19. The van der Waals surface area contributed by atoms with Gasteiger partial charge in [0.05, 0.1) is 6.04 Å². The first-order valence-electron chi connectivity index (χ1n) is 7.49. The van der Waals surface area contributed by atoms with Crippen LogP contribution in [0.2, 0.25) is 0 Å². The van der Waals surface area contributed by atoms with Gasteiger partial charge in [0.25, 0.3) is 0 Å². The lowest BCUT2D eigenvalue weighted by molar-refractivity contribution is 0.244. The third-order valence-corrected chi connectivity index (χ3v) is 4.32. The first-order valence-corrected chi connectivity index (χ1v) is 7.49. The number of nitrogens with zero attached hydrogens (tertiary/aromatic N) is 3. The van der Waals surface area contributed by atoms with Crippen molar-refractivity contribution in [1.82, 2.24) is 15.0 Å². The minimum Gasteiger partial charge on any atom is -0.337 e. The molecule has 1 aliphatic heterocycles. The molecule has 1 aromatic heterocycles. The van der Waals surface area contributed by atoms with Gasteiger partial charge in [0.2, 0.25) is 11.7 Å². The van der Waals surface area contributed by atoms with E-state index in [1.807, 2.05) is 25.2 Å². The molecule has 4 rings (SSSR count). The molecule has 0 amide bonds. The van der Waals surface area contributed by atoms with Gasteiger partial charge >= 0.3 is 0 Å². The number of nitrogens with two attached hydrogens (primary N) is 1. The van der Waals surface area contributed by atoms with Gasteiger partial charge in [0.1, 0.15) is 0 Å². The van der Waals surface area contributed by atoms with Crippen molar-refractivity contribution in [1.29, 1.82) is 0 Å². The minimum atomic E-state index is 0.122. The fourth-order valence-electron chi connectivity index (χ4n) is 3.14. The van der Waals surface area contributed by atoms with Crippen LogP contribution in [0, 0.1) is 0 Å². The van der Waals surface area contributed by atoms with Crippen molar-refractivity contribution in [2.45, 2.75) is 18.5 Å². The topological polar surface area (TPSA) is 68.2 Å². The molecule has 5 nitrogen and oxygen atoms in total. The second-order valence-corrected chi connectivity index (χ2v) is 5.97. The van der Waals surface area contributed by atoms with Gasteiger partial charge in [-0.25, -0.2) is 0 Å². The molecule has 1 fully saturated rings. The number of hydrogen-bond acceptors (Lipinski definition) is 5. The Kier molecular flexibility index (Phi) is 3.17. The van der Waals surface area contributed by atoms with Crippen LogP contribution in [0.1, 0.15) is 18.4 Å². The number of benzene rings is 2. The maximum absolute atomic E-state index is 6.00. The summed E-state index contributed by atoms with van der Waals surface area (Å²) in [7, 11) is 2.04. The number of rotatable bonds is 2. The van der Waals surface area contributed by atoms with Gasteiger partial charge in [-0.1, -0.05) is 41.6 Å². The molecule has 0 bridgehead atoms. The summed E-state index contributed by atoms with van der Waals surface area (Å²) >= 11 is 0. The standard InChI is InChI=1S/C17H18N4O/c1-21-10-14(18)9-15(21)17-19-16(20-22-17)13-7-6-11-4-2-3-5-12(11)8-13/h2-8,14-15H,9-10,18H2,1H3/t14-,15-/m0/s1. The van der Waals surface area contributed by atoms with Gasteiger partial charge in [0.15, 0.2) is 0 Å². The van der Waals surface area contributed by atoms with E-state index in [0.29, 0.717) is 11.7 Å². The van der Waals surface area contributed by atoms with Crippen molar-refractivity contribution in [2.24, 2.45) is 5.73 Å². The molecule has 5 heteroatoms. The largest absolute Gasteiger partial charge is 0.337 e. The molecule has 0 spiro atoms. The number of likely N-dealkylation sites (N-methyl/N-ethyl adjacent to an activating group) is 1. The summed E-state index contributed by atoms with van der Waals surface area (Å²) in [6.45, 7) is 0.859. The van der Waals surface area contributed by atoms with Crippen LogP contribution in [-0.2, 0) is 0 Å². The van der Waals surface area contributed by atoms with Crippen LogP contribution in [-0.4, -0.2) is 34.7 Å². The van der Waals surface area contributed by atoms with Crippen molar-refractivity contribution in [3.8, 4) is 11.4 Å². The summed E-state index contributed by atoms with van der Waals surface area (Å²) in [6, 6.07) is 14.7. The Balaban J connectivity index is 1.68. The zero-order valence-electron chi connectivity index (χ0n) is 12.4. The van der Waals surface area contributed by atoms with E-state index in [0.717, 1.165) is 18.5 Å². The number of aromatic nitrogens is 2. The van der Waals surface area contributed by atoms with Crippen LogP contribution in [0.4, 0.5) is 0 Å². The fourth-order valence-corrected chi connectivity index (χ4v) is 3.14. The Hall–Kier alpha value is -2.24. The fraction of sp³-hybridized carbons (Fsp3) is 0.294. The molecule has 112 valence electrons. The van der Waals surface area contributed by atoms with Gasteiger partial charge in [-0.15, -0.1) is 0 Å². The molecule has 0 unspecified atom stereocenters. The van der Waals surface area contributed by atoms with E-state index in [1.54, 1.807) is 0 Å². The van der Waals surface area contributed by atoms with E-state index in [4.69, 9.17) is 10.3 Å². The maximum atomic E-state index is 6.00. The molecule has 2 heterocycles. The molecule has 2 N–H and O–H groups in total. The van der Waals surface area contributed by atoms with Crippen LogP contribution in [0.5, 0.6) is 0 Å². The highest BCUT2D eigenvalue weighted by molar-refractivity contribution is 5.86. The van der Waals surface area contributed by atoms with Crippen LogP contribution >= 0.6 is 0 Å². The normalized spacial score (nSPS) is 22.5. The summed E-state index contributed by atoms with van der Waals surface area (Å²) in [4.78, 5) is 6.75. The molecule has 1 saturated heterocycles. The predicted octanol–water partition coefficient (Wildman–Crippen LogP) is 2.59. The van der Waals surface area contributed by atoms with Crippen LogP contribution in [0.3, 0.4) is 0 Å². The third kappa shape index (κ3) is 2.28. The van der Waals surface area contributed by atoms with E-state index >= 15 is 0 Å². The van der Waals surface area contributed by atoms with Gasteiger partial charge in [-0.05, 0) is 30.3 Å². The number of hydrogen-bond donors (Lipinski definition) is 1. The van der Waals surface area contributed by atoms with Crippen LogP contribution in [0.25, 0.3) is 22.2 Å². The monoisotopic (exact) mass is 294 g/mol. The molecule has 2 atom stereocenters. The van der Waals surface area contributed by atoms with E-state index in [9.17, 15) is 0 Å². The van der Waals surface area contributed by atoms with Crippen molar-refractivity contribution < 1.29 is 4.52 Å². The number of fused-ring (bicyclic) bond motifs is 1. The average Bonchev–Trinajstić information content (AvgIpc) is 3.13. The highest BCUT2D eigenvalue weighted by Crippen LogP contribution is 2.30. The lowest BCUT2D eigenvalue weighted by Gasteiger charge is -2.13. The summed E-state index contributed by atoms with van der Waals surface area (Å²) in [5.41, 5.74) is 6.97. The molecule has 0 aliphatic carbocycles.